The summed E-state index contributed by atoms with van der Waals surface area (Å²) in [5, 5.41) is 2.90. The number of rotatable bonds is 7. The number of carbonyl (C=O) groups is 2. The summed E-state index contributed by atoms with van der Waals surface area (Å²) in [5.74, 6) is 0.518. The minimum absolute atomic E-state index is 0.0291. The number of likely N-dealkylation sites (tertiary alicyclic amines) is 1. The highest BCUT2D eigenvalue weighted by molar-refractivity contribution is 5.89. The third kappa shape index (κ3) is 5.25. The molecule has 1 aromatic carbocycles. The van der Waals surface area contributed by atoms with Crippen molar-refractivity contribution in [1.29, 1.82) is 0 Å². The number of likely N-dealkylation sites (N-methyl/N-ethyl adjacent to an activating group) is 1. The van der Waals surface area contributed by atoms with Crippen LogP contribution in [0.1, 0.15) is 12.0 Å². The largest absolute Gasteiger partial charge is 0.492 e. The first kappa shape index (κ1) is 17.3. The highest BCUT2D eigenvalue weighted by atomic mass is 16.5. The van der Waals surface area contributed by atoms with Crippen LogP contribution in [0.15, 0.2) is 24.3 Å². The van der Waals surface area contributed by atoms with E-state index in [1.54, 1.807) is 11.9 Å². The SMILES string of the molecule is CN(C)CCOc1cccc(CNC(=O)C2CC(=O)N(C)C2)c1. The zero-order valence-electron chi connectivity index (χ0n) is 14.0. The van der Waals surface area contributed by atoms with Gasteiger partial charge in [0.2, 0.25) is 11.8 Å². The summed E-state index contributed by atoms with van der Waals surface area (Å²) < 4.78 is 5.69. The predicted molar refractivity (Wildman–Crippen MR) is 88.1 cm³/mol. The van der Waals surface area contributed by atoms with Crippen LogP contribution in [0, 0.1) is 5.92 Å². The van der Waals surface area contributed by atoms with Crippen LogP contribution in [0.4, 0.5) is 0 Å². The molecule has 1 N–H and O–H groups in total. The van der Waals surface area contributed by atoms with Gasteiger partial charge in [-0.1, -0.05) is 12.1 Å². The summed E-state index contributed by atoms with van der Waals surface area (Å²) in [4.78, 5) is 27.3. The fraction of sp³-hybridized carbons (Fsp3) is 0.529. The van der Waals surface area contributed by atoms with E-state index in [0.29, 0.717) is 26.1 Å². The molecule has 0 bridgehead atoms. The lowest BCUT2D eigenvalue weighted by Gasteiger charge is -2.13. The van der Waals surface area contributed by atoms with Gasteiger partial charge in [0.05, 0.1) is 5.92 Å². The number of benzene rings is 1. The molecule has 0 radical (unpaired) electrons. The Bertz CT molecular complexity index is 560. The van der Waals surface area contributed by atoms with Crippen molar-refractivity contribution in [2.75, 3.05) is 40.8 Å². The molecule has 6 nitrogen and oxygen atoms in total. The van der Waals surface area contributed by atoms with E-state index < -0.39 is 0 Å². The zero-order valence-corrected chi connectivity index (χ0v) is 14.0. The molecular weight excluding hydrogens is 294 g/mol. The Labute approximate surface area is 137 Å². The van der Waals surface area contributed by atoms with Gasteiger partial charge in [-0.15, -0.1) is 0 Å². The molecule has 126 valence electrons. The fourth-order valence-electron chi connectivity index (χ4n) is 2.46. The summed E-state index contributed by atoms with van der Waals surface area (Å²) in [6.07, 6.45) is 0.302. The Kier molecular flexibility index (Phi) is 5.98. The number of carbonyl (C=O) groups excluding carboxylic acids is 2. The van der Waals surface area contributed by atoms with Gasteiger partial charge in [-0.3, -0.25) is 9.59 Å². The highest BCUT2D eigenvalue weighted by Crippen LogP contribution is 2.17. The predicted octanol–water partition coefficient (Wildman–Crippen LogP) is 0.722. The lowest BCUT2D eigenvalue weighted by Crippen LogP contribution is -2.31. The van der Waals surface area contributed by atoms with Gasteiger partial charge < -0.3 is 19.9 Å². The van der Waals surface area contributed by atoms with E-state index in [9.17, 15) is 9.59 Å². The molecule has 1 saturated heterocycles. The zero-order chi connectivity index (χ0) is 16.8. The van der Waals surface area contributed by atoms with Crippen molar-refractivity contribution in [3.05, 3.63) is 29.8 Å². The third-order valence-electron chi connectivity index (χ3n) is 3.88. The highest BCUT2D eigenvalue weighted by Gasteiger charge is 2.31. The summed E-state index contributed by atoms with van der Waals surface area (Å²) in [6.45, 7) is 2.42. The number of nitrogens with zero attached hydrogens (tertiary/aromatic N) is 2. The maximum Gasteiger partial charge on any atom is 0.225 e. The van der Waals surface area contributed by atoms with Gasteiger partial charge in [0.15, 0.2) is 0 Å². The number of nitrogens with one attached hydrogen (secondary N) is 1. The average Bonchev–Trinajstić information content (AvgIpc) is 2.84. The van der Waals surface area contributed by atoms with E-state index in [4.69, 9.17) is 4.74 Å². The lowest BCUT2D eigenvalue weighted by atomic mass is 10.1. The topological polar surface area (TPSA) is 61.9 Å². The van der Waals surface area contributed by atoms with E-state index >= 15 is 0 Å². The van der Waals surface area contributed by atoms with Gasteiger partial charge in [0.1, 0.15) is 12.4 Å². The molecular formula is C17H25N3O3. The second-order valence-electron chi connectivity index (χ2n) is 6.19. The second-order valence-corrected chi connectivity index (χ2v) is 6.19. The Morgan fingerprint density at radius 3 is 2.87 bits per heavy atom. The van der Waals surface area contributed by atoms with Crippen molar-refractivity contribution in [1.82, 2.24) is 15.1 Å². The minimum Gasteiger partial charge on any atom is -0.492 e. The molecule has 1 atom stereocenters. The number of amides is 2. The Morgan fingerprint density at radius 1 is 1.43 bits per heavy atom. The molecule has 0 saturated carbocycles. The molecule has 1 fully saturated rings. The maximum absolute atomic E-state index is 12.1. The van der Waals surface area contributed by atoms with Crippen LogP contribution in [0.2, 0.25) is 0 Å². The Balaban J connectivity index is 1.81. The quantitative estimate of drug-likeness (QED) is 0.804. The Morgan fingerprint density at radius 2 is 2.22 bits per heavy atom. The van der Waals surface area contributed by atoms with Crippen LogP contribution < -0.4 is 10.1 Å². The van der Waals surface area contributed by atoms with Gasteiger partial charge in [0, 0.05) is 33.1 Å². The molecule has 1 aliphatic heterocycles. The molecule has 0 aromatic heterocycles. The fourth-order valence-corrected chi connectivity index (χ4v) is 2.46. The van der Waals surface area contributed by atoms with Crippen LogP contribution in [0.25, 0.3) is 0 Å². The van der Waals surface area contributed by atoms with E-state index in [-0.39, 0.29) is 17.7 Å². The molecule has 1 unspecified atom stereocenters. The normalized spacial score (nSPS) is 17.7. The molecule has 2 rings (SSSR count). The smallest absolute Gasteiger partial charge is 0.225 e. The standard InChI is InChI=1S/C17H25N3O3/c1-19(2)7-8-23-15-6-4-5-13(9-15)11-18-17(22)14-10-16(21)20(3)12-14/h4-6,9,14H,7-8,10-12H2,1-3H3,(H,18,22). The molecule has 6 heteroatoms. The van der Waals surface area contributed by atoms with E-state index in [2.05, 4.69) is 10.2 Å². The maximum atomic E-state index is 12.1. The molecule has 1 heterocycles. The molecule has 1 aliphatic rings. The minimum atomic E-state index is -0.243. The van der Waals surface area contributed by atoms with E-state index in [1.165, 1.54) is 0 Å². The molecule has 1 aromatic rings. The summed E-state index contributed by atoms with van der Waals surface area (Å²) in [5.41, 5.74) is 0.985. The van der Waals surface area contributed by atoms with Crippen molar-refractivity contribution in [2.24, 2.45) is 5.92 Å². The van der Waals surface area contributed by atoms with E-state index in [0.717, 1.165) is 17.9 Å². The number of hydrogen-bond donors (Lipinski definition) is 1. The van der Waals surface area contributed by atoms with Gasteiger partial charge >= 0.3 is 0 Å². The molecule has 0 aliphatic carbocycles. The van der Waals surface area contributed by atoms with Crippen molar-refractivity contribution >= 4 is 11.8 Å². The number of ether oxygens (including phenoxy) is 1. The van der Waals surface area contributed by atoms with Crippen molar-refractivity contribution in [2.45, 2.75) is 13.0 Å². The van der Waals surface area contributed by atoms with Gasteiger partial charge in [-0.05, 0) is 31.8 Å². The average molecular weight is 319 g/mol. The van der Waals surface area contributed by atoms with Gasteiger partial charge in [-0.25, -0.2) is 0 Å². The first-order chi connectivity index (χ1) is 11.0. The van der Waals surface area contributed by atoms with Crippen molar-refractivity contribution < 1.29 is 14.3 Å². The third-order valence-corrected chi connectivity index (χ3v) is 3.88. The van der Waals surface area contributed by atoms with Gasteiger partial charge in [-0.2, -0.15) is 0 Å². The molecule has 23 heavy (non-hydrogen) atoms. The monoisotopic (exact) mass is 319 g/mol. The van der Waals surface area contributed by atoms with Crippen LogP contribution in [-0.2, 0) is 16.1 Å². The first-order valence-corrected chi connectivity index (χ1v) is 7.84. The number of hydrogen-bond acceptors (Lipinski definition) is 4. The van der Waals surface area contributed by atoms with Crippen molar-refractivity contribution in [3.8, 4) is 5.75 Å². The first-order valence-electron chi connectivity index (χ1n) is 7.84. The second kappa shape index (κ2) is 7.97. The van der Waals surface area contributed by atoms with Crippen LogP contribution in [0.3, 0.4) is 0 Å². The summed E-state index contributed by atoms with van der Waals surface area (Å²) >= 11 is 0. The van der Waals surface area contributed by atoms with E-state index in [1.807, 2.05) is 38.4 Å². The van der Waals surface area contributed by atoms with Crippen LogP contribution in [-0.4, -0.2) is 62.5 Å². The van der Waals surface area contributed by atoms with Gasteiger partial charge in [0.25, 0.3) is 0 Å². The molecule has 2 amide bonds. The summed E-state index contributed by atoms with van der Waals surface area (Å²) in [7, 11) is 5.73. The Hall–Kier alpha value is -2.08. The summed E-state index contributed by atoms with van der Waals surface area (Å²) in [6, 6.07) is 7.71. The lowest BCUT2D eigenvalue weighted by molar-refractivity contribution is -0.128. The van der Waals surface area contributed by atoms with Crippen molar-refractivity contribution in [3.63, 3.8) is 0 Å². The van der Waals surface area contributed by atoms with Crippen LogP contribution >= 0.6 is 0 Å². The molecule has 0 spiro atoms. The van der Waals surface area contributed by atoms with Crippen LogP contribution in [0.5, 0.6) is 5.75 Å².